The molecule has 98 valence electrons. The molecule has 1 aliphatic heterocycles. The quantitative estimate of drug-likeness (QED) is 0.929. The average molecular weight is 287 g/mol. The van der Waals surface area contributed by atoms with E-state index in [1.54, 1.807) is 6.07 Å². The van der Waals surface area contributed by atoms with Crippen molar-refractivity contribution in [1.82, 2.24) is 4.90 Å². The molecule has 1 aromatic carbocycles. The summed E-state index contributed by atoms with van der Waals surface area (Å²) < 4.78 is 0. The number of carbonyl (C=O) groups excluding carboxylic acids is 1. The molecule has 1 saturated heterocycles. The molecule has 0 spiro atoms. The molecule has 18 heavy (non-hydrogen) atoms. The molecule has 0 saturated carbocycles. The minimum absolute atomic E-state index is 0.0242. The second-order valence-corrected chi connectivity index (χ2v) is 5.45. The number of halogens is 2. The molecule has 1 aliphatic rings. The highest BCUT2D eigenvalue weighted by molar-refractivity contribution is 6.42. The lowest BCUT2D eigenvalue weighted by atomic mass is 9.96. The van der Waals surface area contributed by atoms with E-state index in [2.05, 4.69) is 4.90 Å². The molecule has 0 aliphatic carbocycles. The van der Waals surface area contributed by atoms with E-state index < -0.39 is 0 Å². The smallest absolute Gasteiger partial charge is 0.220 e. The van der Waals surface area contributed by atoms with Gasteiger partial charge in [-0.25, -0.2) is 0 Å². The normalized spacial score (nSPS) is 17.9. The fourth-order valence-electron chi connectivity index (χ4n) is 2.29. The number of hydrogen-bond acceptors (Lipinski definition) is 2. The lowest BCUT2D eigenvalue weighted by Crippen LogP contribution is -2.38. The summed E-state index contributed by atoms with van der Waals surface area (Å²) in [6.45, 7) is 2.51. The topological polar surface area (TPSA) is 46.3 Å². The maximum absolute atomic E-state index is 11.1. The van der Waals surface area contributed by atoms with E-state index >= 15 is 0 Å². The number of benzene rings is 1. The first-order valence-corrected chi connectivity index (χ1v) is 6.78. The van der Waals surface area contributed by atoms with Crippen LogP contribution in [0.15, 0.2) is 18.2 Å². The Hall–Kier alpha value is -0.770. The minimum Gasteiger partial charge on any atom is -0.369 e. The van der Waals surface area contributed by atoms with Crippen LogP contribution in [-0.2, 0) is 11.3 Å². The summed E-state index contributed by atoms with van der Waals surface area (Å²) in [6.07, 6.45) is 1.65. The second kappa shape index (κ2) is 5.91. The summed E-state index contributed by atoms with van der Waals surface area (Å²) in [7, 11) is 0. The van der Waals surface area contributed by atoms with Gasteiger partial charge in [0.15, 0.2) is 0 Å². The predicted octanol–water partition coefficient (Wildman–Crippen LogP) is 2.69. The van der Waals surface area contributed by atoms with Crippen molar-refractivity contribution in [2.45, 2.75) is 19.4 Å². The number of primary amides is 1. The molecule has 3 nitrogen and oxygen atoms in total. The largest absolute Gasteiger partial charge is 0.369 e. The summed E-state index contributed by atoms with van der Waals surface area (Å²) in [4.78, 5) is 13.4. The fourth-order valence-corrected chi connectivity index (χ4v) is 2.67. The van der Waals surface area contributed by atoms with E-state index in [4.69, 9.17) is 28.9 Å². The van der Waals surface area contributed by atoms with Crippen LogP contribution < -0.4 is 5.73 Å². The van der Waals surface area contributed by atoms with Gasteiger partial charge in [0.2, 0.25) is 5.91 Å². The Morgan fingerprint density at radius 1 is 1.33 bits per heavy atom. The molecule has 2 rings (SSSR count). The number of nitrogens with zero attached hydrogens (tertiary/aromatic N) is 1. The molecule has 2 N–H and O–H groups in total. The van der Waals surface area contributed by atoms with Crippen molar-refractivity contribution in [2.75, 3.05) is 13.1 Å². The number of amides is 1. The van der Waals surface area contributed by atoms with Crippen LogP contribution in [0, 0.1) is 5.92 Å². The first-order valence-electron chi connectivity index (χ1n) is 6.02. The van der Waals surface area contributed by atoms with Crippen LogP contribution in [0.3, 0.4) is 0 Å². The minimum atomic E-state index is -0.185. The molecule has 1 heterocycles. The van der Waals surface area contributed by atoms with Crippen molar-refractivity contribution in [1.29, 1.82) is 0 Å². The number of likely N-dealkylation sites (tertiary alicyclic amines) is 1. The Labute approximate surface area is 117 Å². The van der Waals surface area contributed by atoms with Gasteiger partial charge in [-0.3, -0.25) is 9.69 Å². The van der Waals surface area contributed by atoms with Crippen LogP contribution in [0.2, 0.25) is 10.0 Å². The van der Waals surface area contributed by atoms with Crippen molar-refractivity contribution in [3.8, 4) is 0 Å². The second-order valence-electron chi connectivity index (χ2n) is 4.67. The van der Waals surface area contributed by atoms with Crippen molar-refractivity contribution in [3.05, 3.63) is 33.8 Å². The Balaban J connectivity index is 1.96. The van der Waals surface area contributed by atoms with Crippen molar-refractivity contribution in [3.63, 3.8) is 0 Å². The number of piperidine rings is 1. The third-order valence-electron chi connectivity index (χ3n) is 3.42. The van der Waals surface area contributed by atoms with Gasteiger partial charge in [0.1, 0.15) is 0 Å². The van der Waals surface area contributed by atoms with Gasteiger partial charge in [-0.2, -0.15) is 0 Å². The third kappa shape index (κ3) is 3.16. The van der Waals surface area contributed by atoms with Gasteiger partial charge in [0.25, 0.3) is 0 Å². The SMILES string of the molecule is NC(=O)C1CCN(Cc2cccc(Cl)c2Cl)CC1. The summed E-state index contributed by atoms with van der Waals surface area (Å²) in [5, 5.41) is 1.21. The van der Waals surface area contributed by atoms with Crippen LogP contribution in [0.5, 0.6) is 0 Å². The maximum atomic E-state index is 11.1. The predicted molar refractivity (Wildman–Crippen MR) is 73.7 cm³/mol. The summed E-state index contributed by atoms with van der Waals surface area (Å²) in [5.74, 6) is -0.161. The van der Waals surface area contributed by atoms with Gasteiger partial charge in [0, 0.05) is 12.5 Å². The zero-order chi connectivity index (χ0) is 13.1. The van der Waals surface area contributed by atoms with Gasteiger partial charge in [0.05, 0.1) is 10.0 Å². The van der Waals surface area contributed by atoms with E-state index in [0.29, 0.717) is 10.0 Å². The van der Waals surface area contributed by atoms with Gasteiger partial charge in [-0.1, -0.05) is 35.3 Å². The monoisotopic (exact) mass is 286 g/mol. The van der Waals surface area contributed by atoms with Crippen LogP contribution in [0.4, 0.5) is 0 Å². The third-order valence-corrected chi connectivity index (χ3v) is 4.27. The Morgan fingerprint density at radius 3 is 2.61 bits per heavy atom. The molecule has 0 unspecified atom stereocenters. The lowest BCUT2D eigenvalue weighted by Gasteiger charge is -2.30. The van der Waals surface area contributed by atoms with Gasteiger partial charge < -0.3 is 5.73 Å². The fraction of sp³-hybridized carbons (Fsp3) is 0.462. The molecule has 1 aromatic rings. The first-order chi connectivity index (χ1) is 8.58. The average Bonchev–Trinajstić information content (AvgIpc) is 2.36. The summed E-state index contributed by atoms with van der Waals surface area (Å²) in [6, 6.07) is 5.67. The number of rotatable bonds is 3. The van der Waals surface area contributed by atoms with Gasteiger partial charge in [-0.15, -0.1) is 0 Å². The van der Waals surface area contributed by atoms with E-state index in [0.717, 1.165) is 38.0 Å². The summed E-state index contributed by atoms with van der Waals surface area (Å²) in [5.41, 5.74) is 6.34. The Kier molecular flexibility index (Phi) is 4.49. The van der Waals surface area contributed by atoms with Crippen molar-refractivity contribution < 1.29 is 4.79 Å². The zero-order valence-electron chi connectivity index (χ0n) is 10.0. The molecular weight excluding hydrogens is 271 g/mol. The summed E-state index contributed by atoms with van der Waals surface area (Å²) >= 11 is 12.1. The maximum Gasteiger partial charge on any atom is 0.220 e. The molecule has 0 bridgehead atoms. The molecule has 0 radical (unpaired) electrons. The zero-order valence-corrected chi connectivity index (χ0v) is 11.5. The number of hydrogen-bond donors (Lipinski definition) is 1. The first kappa shape index (κ1) is 13.7. The van der Waals surface area contributed by atoms with Crippen LogP contribution in [0.25, 0.3) is 0 Å². The number of nitrogens with two attached hydrogens (primary N) is 1. The van der Waals surface area contributed by atoms with E-state index in [1.807, 2.05) is 12.1 Å². The molecule has 5 heteroatoms. The van der Waals surface area contributed by atoms with Gasteiger partial charge in [-0.05, 0) is 37.6 Å². The molecule has 1 fully saturated rings. The van der Waals surface area contributed by atoms with Crippen LogP contribution in [0.1, 0.15) is 18.4 Å². The molecule has 1 amide bonds. The van der Waals surface area contributed by atoms with Crippen molar-refractivity contribution >= 4 is 29.1 Å². The van der Waals surface area contributed by atoms with Crippen LogP contribution >= 0.6 is 23.2 Å². The molecule has 0 aromatic heterocycles. The highest BCUT2D eigenvalue weighted by Crippen LogP contribution is 2.27. The van der Waals surface area contributed by atoms with Gasteiger partial charge >= 0.3 is 0 Å². The molecular formula is C13H16Cl2N2O. The standard InChI is InChI=1S/C13H16Cl2N2O/c14-11-3-1-2-10(12(11)15)8-17-6-4-9(5-7-17)13(16)18/h1-3,9H,4-8H2,(H2,16,18). The van der Waals surface area contributed by atoms with E-state index in [9.17, 15) is 4.79 Å². The highest BCUT2D eigenvalue weighted by atomic mass is 35.5. The Bertz CT molecular complexity index is 443. The molecule has 0 atom stereocenters. The van der Waals surface area contributed by atoms with Crippen molar-refractivity contribution in [2.24, 2.45) is 11.7 Å². The highest BCUT2D eigenvalue weighted by Gasteiger charge is 2.23. The van der Waals surface area contributed by atoms with E-state index in [-0.39, 0.29) is 11.8 Å². The van der Waals surface area contributed by atoms with E-state index in [1.165, 1.54) is 0 Å². The lowest BCUT2D eigenvalue weighted by molar-refractivity contribution is -0.123. The number of carbonyl (C=O) groups is 1. The Morgan fingerprint density at radius 2 is 2.00 bits per heavy atom. The van der Waals surface area contributed by atoms with Crippen LogP contribution in [-0.4, -0.2) is 23.9 Å².